The maximum Gasteiger partial charge on any atom is 0.142 e. The molecule has 0 amide bonds. The number of nitriles is 1. The zero-order valence-electron chi connectivity index (χ0n) is 16.9. The summed E-state index contributed by atoms with van der Waals surface area (Å²) in [4.78, 5) is 4.58. The molecule has 0 spiro atoms. The van der Waals surface area contributed by atoms with Crippen molar-refractivity contribution in [1.29, 1.82) is 5.26 Å². The molecule has 4 heterocycles. The van der Waals surface area contributed by atoms with Gasteiger partial charge in [-0.2, -0.15) is 10.4 Å². The second kappa shape index (κ2) is 8.26. The Morgan fingerprint density at radius 3 is 2.83 bits per heavy atom. The molecule has 3 aromatic heterocycles. The molecule has 2 N–H and O–H groups in total. The fraction of sp³-hybridized carbons (Fsp3) is 0.409. The normalized spacial score (nSPS) is 16.0. The Hall–Kier alpha value is -2.85. The van der Waals surface area contributed by atoms with Gasteiger partial charge < -0.3 is 10.6 Å². The highest BCUT2D eigenvalue weighted by Gasteiger charge is 2.17. The van der Waals surface area contributed by atoms with E-state index in [1.165, 1.54) is 6.42 Å². The highest BCUT2D eigenvalue weighted by Crippen LogP contribution is 2.28. The smallest absolute Gasteiger partial charge is 0.142 e. The molecule has 0 saturated carbocycles. The molecule has 7 heteroatoms. The Morgan fingerprint density at radius 2 is 2.21 bits per heavy atom. The van der Waals surface area contributed by atoms with E-state index < -0.39 is 0 Å². The van der Waals surface area contributed by atoms with Crippen molar-refractivity contribution in [1.82, 2.24) is 19.9 Å². The molecule has 0 aromatic carbocycles. The predicted octanol–water partition coefficient (Wildman–Crippen LogP) is 2.42. The summed E-state index contributed by atoms with van der Waals surface area (Å²) < 4.78 is 1.69. The highest BCUT2D eigenvalue weighted by atomic mass is 15.2. The van der Waals surface area contributed by atoms with Crippen LogP contribution < -0.4 is 16.2 Å². The monoisotopic (exact) mass is 384 g/mol. The molecule has 1 atom stereocenters. The van der Waals surface area contributed by atoms with Crippen LogP contribution in [0.2, 0.25) is 0 Å². The van der Waals surface area contributed by atoms with Gasteiger partial charge in [0.1, 0.15) is 19.7 Å². The highest BCUT2D eigenvalue weighted by molar-refractivity contribution is 6.32. The standard InChI is InChI=1S/C22H25BN6/c1-14(2)3-4-15-9-19(21-17(10-24)12-28-29(21)22(15)23)16-5-6-20(26-11-16)27-13-18-7-8-25-18/h5-6,9,11-12,14,18,25H,3-4,7-8,13H2,1-2H3,(H,26,27). The van der Waals surface area contributed by atoms with Crippen molar-refractivity contribution in [2.75, 3.05) is 18.4 Å². The molecule has 1 aliphatic rings. The van der Waals surface area contributed by atoms with Gasteiger partial charge in [-0.25, -0.2) is 9.50 Å². The summed E-state index contributed by atoms with van der Waals surface area (Å²) in [5.41, 5.74) is 4.79. The van der Waals surface area contributed by atoms with Crippen LogP contribution in [0.15, 0.2) is 30.6 Å². The van der Waals surface area contributed by atoms with Crippen molar-refractivity contribution in [3.8, 4) is 17.2 Å². The third kappa shape index (κ3) is 3.99. The van der Waals surface area contributed by atoms with Crippen LogP contribution in [0.1, 0.15) is 37.8 Å². The first-order valence-corrected chi connectivity index (χ1v) is 10.2. The summed E-state index contributed by atoms with van der Waals surface area (Å²) in [6.45, 7) is 6.37. The number of nitrogens with zero attached hydrogens (tertiary/aromatic N) is 4. The lowest BCUT2D eigenvalue weighted by atomic mass is 9.89. The fourth-order valence-corrected chi connectivity index (χ4v) is 3.60. The summed E-state index contributed by atoms with van der Waals surface area (Å²) in [6.07, 6.45) is 6.54. The number of fused-ring (bicyclic) bond motifs is 1. The Kier molecular flexibility index (Phi) is 5.55. The third-order valence-electron chi connectivity index (χ3n) is 5.54. The molecule has 0 aliphatic carbocycles. The van der Waals surface area contributed by atoms with Crippen LogP contribution in [0.4, 0.5) is 5.82 Å². The van der Waals surface area contributed by atoms with Crippen LogP contribution >= 0.6 is 0 Å². The van der Waals surface area contributed by atoms with Crippen molar-refractivity contribution >= 4 is 24.8 Å². The number of aryl methyl sites for hydroxylation is 1. The fourth-order valence-electron chi connectivity index (χ4n) is 3.60. The van der Waals surface area contributed by atoms with Crippen LogP contribution in [-0.2, 0) is 6.42 Å². The van der Waals surface area contributed by atoms with E-state index >= 15 is 0 Å². The Bertz CT molecular complexity index is 1040. The topological polar surface area (TPSA) is 78.0 Å². The maximum atomic E-state index is 9.55. The lowest BCUT2D eigenvalue weighted by molar-refractivity contribution is 0.386. The molecular formula is C22H25BN6. The van der Waals surface area contributed by atoms with Gasteiger partial charge >= 0.3 is 0 Å². The minimum Gasteiger partial charge on any atom is -0.369 e. The molecule has 29 heavy (non-hydrogen) atoms. The molecule has 1 saturated heterocycles. The molecule has 3 aromatic rings. The lowest BCUT2D eigenvalue weighted by Gasteiger charge is -2.27. The van der Waals surface area contributed by atoms with Gasteiger partial charge in [0.05, 0.1) is 17.3 Å². The number of anilines is 1. The van der Waals surface area contributed by atoms with E-state index in [1.54, 1.807) is 10.7 Å². The van der Waals surface area contributed by atoms with Gasteiger partial charge in [-0.05, 0) is 61.1 Å². The summed E-state index contributed by atoms with van der Waals surface area (Å²) in [5, 5.41) is 20.7. The van der Waals surface area contributed by atoms with Gasteiger partial charge in [0.15, 0.2) is 0 Å². The molecule has 146 valence electrons. The molecule has 1 unspecified atom stereocenters. The van der Waals surface area contributed by atoms with E-state index in [1.807, 2.05) is 18.3 Å². The number of hydrogen-bond acceptors (Lipinski definition) is 5. The number of rotatable bonds is 7. The van der Waals surface area contributed by atoms with E-state index in [0.29, 0.717) is 23.1 Å². The summed E-state index contributed by atoms with van der Waals surface area (Å²) in [6, 6.07) is 8.88. The van der Waals surface area contributed by atoms with Crippen LogP contribution in [0, 0.1) is 17.2 Å². The Labute approximate surface area is 172 Å². The second-order valence-corrected chi connectivity index (χ2v) is 8.08. The van der Waals surface area contributed by atoms with Gasteiger partial charge in [-0.3, -0.25) is 0 Å². The van der Waals surface area contributed by atoms with E-state index in [0.717, 1.165) is 54.0 Å². The number of hydrogen-bond donors (Lipinski definition) is 2. The zero-order valence-corrected chi connectivity index (χ0v) is 16.9. The van der Waals surface area contributed by atoms with Crippen LogP contribution in [-0.4, -0.2) is 41.6 Å². The van der Waals surface area contributed by atoms with Crippen molar-refractivity contribution in [2.45, 2.75) is 39.2 Å². The van der Waals surface area contributed by atoms with E-state index in [-0.39, 0.29) is 0 Å². The second-order valence-electron chi connectivity index (χ2n) is 8.08. The molecule has 1 fully saturated rings. The molecule has 1 aliphatic heterocycles. The maximum absolute atomic E-state index is 9.55. The largest absolute Gasteiger partial charge is 0.369 e. The van der Waals surface area contributed by atoms with Crippen molar-refractivity contribution in [3.05, 3.63) is 41.7 Å². The first-order chi connectivity index (χ1) is 14.1. The quantitative estimate of drug-likeness (QED) is 0.612. The predicted molar refractivity (Wildman–Crippen MR) is 117 cm³/mol. The first kappa shape index (κ1) is 19.5. The number of nitrogens with one attached hydrogen (secondary N) is 2. The average molecular weight is 384 g/mol. The minimum atomic E-state index is 0.514. The SMILES string of the molecule is [B]c1c(CCC(C)C)cc(-c2ccc(NCC3CCN3)nc2)c2c(C#N)cnn12. The van der Waals surface area contributed by atoms with Crippen molar-refractivity contribution < 1.29 is 0 Å². The van der Waals surface area contributed by atoms with E-state index in [4.69, 9.17) is 7.85 Å². The molecule has 6 nitrogen and oxygen atoms in total. The zero-order chi connectivity index (χ0) is 20.4. The summed E-state index contributed by atoms with van der Waals surface area (Å²) in [5.74, 6) is 1.43. The third-order valence-corrected chi connectivity index (χ3v) is 5.54. The lowest BCUT2D eigenvalue weighted by Crippen LogP contribution is -2.47. The summed E-state index contributed by atoms with van der Waals surface area (Å²) >= 11 is 0. The minimum absolute atomic E-state index is 0.514. The van der Waals surface area contributed by atoms with Gasteiger partial charge in [0.2, 0.25) is 0 Å². The molecule has 2 radical (unpaired) electrons. The Morgan fingerprint density at radius 1 is 1.38 bits per heavy atom. The number of aromatic nitrogens is 3. The molecular weight excluding hydrogens is 359 g/mol. The van der Waals surface area contributed by atoms with Gasteiger partial charge in [0, 0.05) is 29.9 Å². The van der Waals surface area contributed by atoms with E-state index in [2.05, 4.69) is 46.7 Å². The molecule has 0 bridgehead atoms. The number of pyridine rings is 2. The first-order valence-electron chi connectivity index (χ1n) is 10.2. The molecule has 4 rings (SSSR count). The van der Waals surface area contributed by atoms with Crippen molar-refractivity contribution in [2.24, 2.45) is 5.92 Å². The summed E-state index contributed by atoms with van der Waals surface area (Å²) in [7, 11) is 6.39. The van der Waals surface area contributed by atoms with Gasteiger partial charge in [-0.15, -0.1) is 0 Å². The average Bonchev–Trinajstić information content (AvgIpc) is 3.11. The van der Waals surface area contributed by atoms with Crippen LogP contribution in [0.25, 0.3) is 16.6 Å². The van der Waals surface area contributed by atoms with Crippen molar-refractivity contribution in [3.63, 3.8) is 0 Å². The Balaban J connectivity index is 1.70. The van der Waals surface area contributed by atoms with Gasteiger partial charge in [-0.1, -0.05) is 13.8 Å². The van der Waals surface area contributed by atoms with Crippen LogP contribution in [0.5, 0.6) is 0 Å². The van der Waals surface area contributed by atoms with Crippen LogP contribution in [0.3, 0.4) is 0 Å². The van der Waals surface area contributed by atoms with E-state index in [9.17, 15) is 5.26 Å². The van der Waals surface area contributed by atoms with Gasteiger partial charge in [0.25, 0.3) is 0 Å².